The van der Waals surface area contributed by atoms with Gasteiger partial charge >= 0.3 is 0 Å². The maximum Gasteiger partial charge on any atom is 0.252 e. The second-order valence-corrected chi connectivity index (χ2v) is 5.85. The van der Waals surface area contributed by atoms with Crippen LogP contribution in [0.25, 0.3) is 10.9 Å². The Labute approximate surface area is 139 Å². The predicted octanol–water partition coefficient (Wildman–Crippen LogP) is 2.74. The number of aromatic amines is 1. The first-order valence-corrected chi connectivity index (χ1v) is 7.71. The van der Waals surface area contributed by atoms with Gasteiger partial charge in [-0.25, -0.2) is 0 Å². The van der Waals surface area contributed by atoms with Crippen LogP contribution in [0.5, 0.6) is 0 Å². The summed E-state index contributed by atoms with van der Waals surface area (Å²) in [6.45, 7) is 4.00. The van der Waals surface area contributed by atoms with E-state index in [0.717, 1.165) is 22.2 Å². The number of nitrogens with two attached hydrogens (primary N) is 1. The molecule has 3 rings (SSSR count). The van der Waals surface area contributed by atoms with Crippen LogP contribution in [0.3, 0.4) is 0 Å². The van der Waals surface area contributed by atoms with Crippen LogP contribution in [-0.4, -0.2) is 16.8 Å². The van der Waals surface area contributed by atoms with E-state index in [0.29, 0.717) is 11.1 Å². The van der Waals surface area contributed by atoms with Crippen LogP contribution in [0.1, 0.15) is 33.2 Å². The van der Waals surface area contributed by atoms with E-state index < -0.39 is 11.9 Å². The number of fused-ring (bicyclic) bond motifs is 1. The summed E-state index contributed by atoms with van der Waals surface area (Å²) in [4.78, 5) is 27.6. The van der Waals surface area contributed by atoms with Crippen molar-refractivity contribution in [3.05, 3.63) is 70.9 Å². The Morgan fingerprint density at radius 2 is 1.79 bits per heavy atom. The van der Waals surface area contributed by atoms with Crippen LogP contribution in [0, 0.1) is 13.8 Å². The van der Waals surface area contributed by atoms with Crippen LogP contribution in [0.2, 0.25) is 0 Å². The van der Waals surface area contributed by atoms with Crippen molar-refractivity contribution in [3.8, 4) is 0 Å². The maximum atomic E-state index is 12.6. The molecule has 0 saturated carbocycles. The number of amides is 2. The molecule has 0 fully saturated rings. The highest BCUT2D eigenvalue weighted by molar-refractivity contribution is 6.01. The molecule has 3 aromatic rings. The number of carbonyl (C=O) groups excluding carboxylic acids is 2. The lowest BCUT2D eigenvalue weighted by Crippen LogP contribution is -2.37. The highest BCUT2D eigenvalue weighted by atomic mass is 16.2. The molecule has 5 heteroatoms. The molecular formula is C19H19N3O2. The number of hydrogen-bond acceptors (Lipinski definition) is 2. The van der Waals surface area contributed by atoms with Crippen molar-refractivity contribution in [3.63, 3.8) is 0 Å². The van der Waals surface area contributed by atoms with E-state index in [1.807, 2.05) is 32.0 Å². The monoisotopic (exact) mass is 321 g/mol. The van der Waals surface area contributed by atoms with Crippen LogP contribution in [0.4, 0.5) is 0 Å². The molecule has 1 aromatic heterocycles. The van der Waals surface area contributed by atoms with Gasteiger partial charge in [-0.05, 0) is 43.2 Å². The third-order valence-electron chi connectivity index (χ3n) is 4.26. The SMILES string of the molecule is Cc1[nH]c2ccc(C(=O)N[C@H](C(N)=O)c3ccccc3)cc2c1C. The number of rotatable bonds is 4. The Balaban J connectivity index is 1.90. The minimum absolute atomic E-state index is 0.331. The fourth-order valence-corrected chi connectivity index (χ4v) is 2.78. The van der Waals surface area contributed by atoms with Crippen molar-refractivity contribution >= 4 is 22.7 Å². The molecule has 0 saturated heterocycles. The highest BCUT2D eigenvalue weighted by Gasteiger charge is 2.21. The van der Waals surface area contributed by atoms with Crippen molar-refractivity contribution in [1.82, 2.24) is 10.3 Å². The van der Waals surface area contributed by atoms with Crippen molar-refractivity contribution in [2.24, 2.45) is 5.73 Å². The minimum atomic E-state index is -0.858. The molecular weight excluding hydrogens is 302 g/mol. The molecule has 2 aromatic carbocycles. The van der Waals surface area contributed by atoms with E-state index >= 15 is 0 Å². The van der Waals surface area contributed by atoms with Crippen molar-refractivity contribution in [2.75, 3.05) is 0 Å². The van der Waals surface area contributed by atoms with Gasteiger partial charge in [-0.2, -0.15) is 0 Å². The Kier molecular flexibility index (Phi) is 4.08. The average molecular weight is 321 g/mol. The van der Waals surface area contributed by atoms with E-state index in [2.05, 4.69) is 10.3 Å². The molecule has 2 amide bonds. The molecule has 0 spiro atoms. The molecule has 1 atom stereocenters. The van der Waals surface area contributed by atoms with Crippen LogP contribution in [0.15, 0.2) is 48.5 Å². The average Bonchev–Trinajstić information content (AvgIpc) is 2.87. The smallest absolute Gasteiger partial charge is 0.252 e. The van der Waals surface area contributed by atoms with Gasteiger partial charge in [-0.1, -0.05) is 30.3 Å². The summed E-state index contributed by atoms with van der Waals surface area (Å²) in [6, 6.07) is 13.5. The van der Waals surface area contributed by atoms with E-state index in [9.17, 15) is 9.59 Å². The summed E-state index contributed by atoms with van der Waals surface area (Å²) in [5.41, 5.74) is 9.77. The summed E-state index contributed by atoms with van der Waals surface area (Å²) in [6.07, 6.45) is 0. The van der Waals surface area contributed by atoms with Crippen LogP contribution in [-0.2, 0) is 4.79 Å². The quantitative estimate of drug-likeness (QED) is 0.690. The number of primary amides is 1. The highest BCUT2D eigenvalue weighted by Crippen LogP contribution is 2.23. The third-order valence-corrected chi connectivity index (χ3v) is 4.26. The molecule has 24 heavy (non-hydrogen) atoms. The first-order valence-electron chi connectivity index (χ1n) is 7.71. The zero-order valence-electron chi connectivity index (χ0n) is 13.6. The van der Waals surface area contributed by atoms with E-state index in [1.54, 1.807) is 30.3 Å². The lowest BCUT2D eigenvalue weighted by molar-refractivity contribution is -0.120. The number of carbonyl (C=O) groups is 2. The summed E-state index contributed by atoms with van der Waals surface area (Å²) in [7, 11) is 0. The van der Waals surface area contributed by atoms with Crippen LogP contribution >= 0.6 is 0 Å². The lowest BCUT2D eigenvalue weighted by Gasteiger charge is -2.16. The molecule has 5 nitrogen and oxygen atoms in total. The molecule has 0 aliphatic heterocycles. The molecule has 122 valence electrons. The fourth-order valence-electron chi connectivity index (χ4n) is 2.78. The van der Waals surface area contributed by atoms with Gasteiger partial charge in [0.25, 0.3) is 5.91 Å². The van der Waals surface area contributed by atoms with Gasteiger partial charge in [0.05, 0.1) is 0 Å². The molecule has 0 unspecified atom stereocenters. The van der Waals surface area contributed by atoms with E-state index in [1.165, 1.54) is 0 Å². The zero-order chi connectivity index (χ0) is 17.3. The van der Waals surface area contributed by atoms with Gasteiger partial charge in [0.1, 0.15) is 6.04 Å². The van der Waals surface area contributed by atoms with Gasteiger partial charge in [0, 0.05) is 22.2 Å². The van der Waals surface area contributed by atoms with Gasteiger partial charge in [0.2, 0.25) is 5.91 Å². The minimum Gasteiger partial charge on any atom is -0.368 e. The second-order valence-electron chi connectivity index (χ2n) is 5.85. The van der Waals surface area contributed by atoms with Crippen molar-refractivity contribution < 1.29 is 9.59 Å². The van der Waals surface area contributed by atoms with Gasteiger partial charge in [0.15, 0.2) is 0 Å². The standard InChI is InChI=1S/C19H19N3O2/c1-11-12(2)21-16-9-8-14(10-15(11)16)19(24)22-17(18(20)23)13-6-4-3-5-7-13/h3-10,17,21H,1-2H3,(H2,20,23)(H,22,24)/t17-/m0/s1. The molecule has 0 aliphatic carbocycles. The maximum absolute atomic E-state index is 12.6. The number of H-pyrrole nitrogens is 1. The number of aromatic nitrogens is 1. The van der Waals surface area contributed by atoms with Gasteiger partial charge in [-0.3, -0.25) is 9.59 Å². The van der Waals surface area contributed by atoms with Crippen molar-refractivity contribution in [2.45, 2.75) is 19.9 Å². The Morgan fingerprint density at radius 3 is 2.46 bits per heavy atom. The molecule has 1 heterocycles. The van der Waals surface area contributed by atoms with Crippen molar-refractivity contribution in [1.29, 1.82) is 0 Å². The lowest BCUT2D eigenvalue weighted by atomic mass is 10.0. The molecule has 0 aliphatic rings. The van der Waals surface area contributed by atoms with Gasteiger partial charge < -0.3 is 16.0 Å². The first-order chi connectivity index (χ1) is 11.5. The zero-order valence-corrected chi connectivity index (χ0v) is 13.6. The first kappa shape index (κ1) is 15.8. The summed E-state index contributed by atoms with van der Waals surface area (Å²) in [5, 5.41) is 3.71. The fraction of sp³-hybridized carbons (Fsp3) is 0.158. The van der Waals surface area contributed by atoms with E-state index in [4.69, 9.17) is 5.73 Å². The Hall–Kier alpha value is -3.08. The summed E-state index contributed by atoms with van der Waals surface area (Å²) in [5.74, 6) is -0.924. The van der Waals surface area contributed by atoms with Crippen LogP contribution < -0.4 is 11.1 Å². The number of nitrogens with one attached hydrogen (secondary N) is 2. The van der Waals surface area contributed by atoms with E-state index in [-0.39, 0.29) is 5.91 Å². The summed E-state index contributed by atoms with van der Waals surface area (Å²) < 4.78 is 0. The van der Waals surface area contributed by atoms with Gasteiger partial charge in [-0.15, -0.1) is 0 Å². The second kappa shape index (κ2) is 6.20. The topological polar surface area (TPSA) is 88.0 Å². The normalized spacial score (nSPS) is 12.1. The predicted molar refractivity (Wildman–Crippen MR) is 93.6 cm³/mol. The Bertz CT molecular complexity index is 913. The third kappa shape index (κ3) is 2.88. The largest absolute Gasteiger partial charge is 0.368 e. The molecule has 0 radical (unpaired) electrons. The number of hydrogen-bond donors (Lipinski definition) is 3. The molecule has 4 N–H and O–H groups in total. The number of benzene rings is 2. The number of aryl methyl sites for hydroxylation is 2. The molecule has 0 bridgehead atoms. The Morgan fingerprint density at radius 1 is 1.08 bits per heavy atom. The summed E-state index contributed by atoms with van der Waals surface area (Å²) >= 11 is 0.